The van der Waals surface area contributed by atoms with Crippen molar-refractivity contribution in [3.05, 3.63) is 28.5 Å². The fourth-order valence-electron chi connectivity index (χ4n) is 0.927. The lowest BCUT2D eigenvalue weighted by Crippen LogP contribution is -2.07. The van der Waals surface area contributed by atoms with Gasteiger partial charge in [0.1, 0.15) is 5.15 Å². The average Bonchev–Trinajstić information content (AvgIpc) is 2.19. The Kier molecular flexibility index (Phi) is 4.45. The Balaban J connectivity index is 3.05. The molecule has 1 aromatic rings. The average molecular weight is 268 g/mol. The molecule has 1 heterocycles. The van der Waals surface area contributed by atoms with Crippen LogP contribution in [0.3, 0.4) is 0 Å². The first kappa shape index (κ1) is 13.1. The number of hydrogen-bond acceptors (Lipinski definition) is 1. The van der Waals surface area contributed by atoms with E-state index in [2.05, 4.69) is 16.8 Å². The molecule has 0 aliphatic heterocycles. The van der Waals surface area contributed by atoms with Gasteiger partial charge in [0.05, 0.1) is 5.56 Å². The van der Waals surface area contributed by atoms with Crippen LogP contribution in [0.4, 0.5) is 13.2 Å². The van der Waals surface area contributed by atoms with Crippen molar-refractivity contribution >= 4 is 23.2 Å². The molecule has 0 unspecified atom stereocenters. The highest BCUT2D eigenvalue weighted by molar-refractivity contribution is 6.30. The smallest absolute Gasteiger partial charge is 0.243 e. The van der Waals surface area contributed by atoms with Gasteiger partial charge in [0.2, 0.25) is 0 Å². The molecule has 1 nitrogen and oxygen atoms in total. The van der Waals surface area contributed by atoms with Crippen LogP contribution in [0.2, 0.25) is 5.15 Å². The van der Waals surface area contributed by atoms with E-state index >= 15 is 0 Å². The zero-order chi connectivity index (χ0) is 12.2. The van der Waals surface area contributed by atoms with Gasteiger partial charge in [-0.15, -0.1) is 11.6 Å². The molecule has 0 aromatic carbocycles. The van der Waals surface area contributed by atoms with E-state index in [1.807, 2.05) is 0 Å². The first-order chi connectivity index (χ1) is 7.45. The van der Waals surface area contributed by atoms with Crippen LogP contribution >= 0.6 is 23.2 Å². The summed E-state index contributed by atoms with van der Waals surface area (Å²) in [5, 5.41) is -0.574. The lowest BCUT2D eigenvalue weighted by molar-refractivity contribution is -0.137. The van der Waals surface area contributed by atoms with Crippen molar-refractivity contribution in [3.8, 4) is 11.8 Å². The van der Waals surface area contributed by atoms with Gasteiger partial charge in [0, 0.05) is 24.1 Å². The molecule has 0 spiro atoms. The van der Waals surface area contributed by atoms with Crippen molar-refractivity contribution in [3.63, 3.8) is 0 Å². The van der Waals surface area contributed by atoms with Crippen LogP contribution in [0.15, 0.2) is 12.3 Å². The van der Waals surface area contributed by atoms with Gasteiger partial charge < -0.3 is 0 Å². The summed E-state index contributed by atoms with van der Waals surface area (Å²) in [6, 6.07) is 0.872. The summed E-state index contributed by atoms with van der Waals surface area (Å²) in [7, 11) is 0. The van der Waals surface area contributed by atoms with Crippen LogP contribution < -0.4 is 0 Å². The fourth-order valence-corrected chi connectivity index (χ4v) is 1.23. The van der Waals surface area contributed by atoms with E-state index in [1.165, 1.54) is 6.20 Å². The summed E-state index contributed by atoms with van der Waals surface area (Å²) in [4.78, 5) is 3.43. The third-order valence-electron chi connectivity index (χ3n) is 1.60. The lowest BCUT2D eigenvalue weighted by atomic mass is 10.2. The zero-order valence-electron chi connectivity index (χ0n) is 7.91. The summed E-state index contributed by atoms with van der Waals surface area (Å²) in [5.41, 5.74) is -0.811. The molecule has 0 saturated heterocycles. The van der Waals surface area contributed by atoms with E-state index in [1.54, 1.807) is 0 Å². The topological polar surface area (TPSA) is 12.9 Å². The van der Waals surface area contributed by atoms with E-state index in [0.29, 0.717) is 12.3 Å². The van der Waals surface area contributed by atoms with E-state index in [0.717, 1.165) is 6.07 Å². The number of halogens is 5. The molecule has 0 saturated carbocycles. The van der Waals surface area contributed by atoms with Crippen molar-refractivity contribution in [2.75, 3.05) is 5.88 Å². The highest BCUT2D eigenvalue weighted by Gasteiger charge is 2.34. The molecule has 0 aliphatic carbocycles. The minimum absolute atomic E-state index is 0.168. The molecule has 86 valence electrons. The second kappa shape index (κ2) is 5.42. The minimum atomic E-state index is -4.52. The summed E-state index contributed by atoms with van der Waals surface area (Å²) in [6.07, 6.45) is -2.92. The van der Waals surface area contributed by atoms with Crippen LogP contribution in [-0.2, 0) is 6.18 Å². The lowest BCUT2D eigenvalue weighted by Gasteiger charge is -2.07. The van der Waals surface area contributed by atoms with Crippen LogP contribution in [0.25, 0.3) is 0 Å². The largest absolute Gasteiger partial charge is 0.419 e. The highest BCUT2D eigenvalue weighted by atomic mass is 35.5. The maximum atomic E-state index is 12.4. The summed E-state index contributed by atoms with van der Waals surface area (Å²) >= 11 is 10.7. The monoisotopic (exact) mass is 267 g/mol. The second-order valence-corrected chi connectivity index (χ2v) is 3.54. The number of rotatable bonds is 1. The van der Waals surface area contributed by atoms with Crippen molar-refractivity contribution in [2.45, 2.75) is 12.6 Å². The van der Waals surface area contributed by atoms with Crippen molar-refractivity contribution < 1.29 is 13.2 Å². The fraction of sp³-hybridized carbons (Fsp3) is 0.300. The van der Waals surface area contributed by atoms with Gasteiger partial charge in [-0.2, -0.15) is 13.2 Å². The molecule has 1 rings (SSSR count). The Labute approximate surface area is 101 Å². The van der Waals surface area contributed by atoms with Crippen LogP contribution in [0, 0.1) is 11.8 Å². The molecule has 16 heavy (non-hydrogen) atoms. The molecular formula is C10H6Cl2F3N. The summed E-state index contributed by atoms with van der Waals surface area (Å²) in [5.74, 6) is 5.48. The predicted octanol–water partition coefficient (Wildman–Crippen LogP) is 3.73. The Morgan fingerprint density at radius 3 is 2.62 bits per heavy atom. The molecule has 0 aliphatic rings. The molecule has 1 aromatic heterocycles. The number of aromatic nitrogens is 1. The van der Waals surface area contributed by atoms with Gasteiger partial charge in [-0.1, -0.05) is 23.4 Å². The maximum absolute atomic E-state index is 12.4. The van der Waals surface area contributed by atoms with Crippen LogP contribution in [0.5, 0.6) is 0 Å². The molecule has 0 atom stereocenters. The number of alkyl halides is 4. The molecule has 6 heteroatoms. The summed E-state index contributed by atoms with van der Waals surface area (Å²) < 4.78 is 37.3. The number of pyridine rings is 1. The SMILES string of the molecule is FC(F)(F)c1cc(C#CCCCl)cnc1Cl. The Morgan fingerprint density at radius 2 is 2.06 bits per heavy atom. The highest BCUT2D eigenvalue weighted by Crippen LogP contribution is 2.33. The number of hydrogen-bond donors (Lipinski definition) is 0. The van der Waals surface area contributed by atoms with Gasteiger partial charge in [-0.05, 0) is 6.07 Å². The van der Waals surface area contributed by atoms with Crippen molar-refractivity contribution in [1.82, 2.24) is 4.98 Å². The second-order valence-electron chi connectivity index (χ2n) is 2.80. The van der Waals surface area contributed by atoms with Gasteiger partial charge in [-0.3, -0.25) is 0 Å². The molecule has 0 radical (unpaired) electrons. The third-order valence-corrected chi connectivity index (χ3v) is 2.09. The van der Waals surface area contributed by atoms with Gasteiger partial charge in [0.25, 0.3) is 0 Å². The van der Waals surface area contributed by atoms with Crippen LogP contribution in [0.1, 0.15) is 17.5 Å². The van der Waals surface area contributed by atoms with E-state index in [4.69, 9.17) is 23.2 Å². The van der Waals surface area contributed by atoms with E-state index in [-0.39, 0.29) is 5.56 Å². The van der Waals surface area contributed by atoms with Gasteiger partial charge in [0.15, 0.2) is 0 Å². The van der Waals surface area contributed by atoms with Gasteiger partial charge >= 0.3 is 6.18 Å². The molecule has 0 bridgehead atoms. The molecular weight excluding hydrogens is 262 g/mol. The minimum Gasteiger partial charge on any atom is -0.243 e. The van der Waals surface area contributed by atoms with Crippen molar-refractivity contribution in [1.29, 1.82) is 0 Å². The first-order valence-electron chi connectivity index (χ1n) is 4.22. The Bertz CT molecular complexity index is 432. The normalized spacial score (nSPS) is 10.8. The third kappa shape index (κ3) is 3.58. The Morgan fingerprint density at radius 1 is 1.38 bits per heavy atom. The predicted molar refractivity (Wildman–Crippen MR) is 56.5 cm³/mol. The molecule has 0 fully saturated rings. The van der Waals surface area contributed by atoms with Crippen LogP contribution in [-0.4, -0.2) is 10.9 Å². The number of nitrogens with zero attached hydrogens (tertiary/aromatic N) is 1. The first-order valence-corrected chi connectivity index (χ1v) is 5.14. The molecule has 0 N–H and O–H groups in total. The zero-order valence-corrected chi connectivity index (χ0v) is 9.42. The quantitative estimate of drug-likeness (QED) is 0.429. The summed E-state index contributed by atoms with van der Waals surface area (Å²) in [6.45, 7) is 0. The maximum Gasteiger partial charge on any atom is 0.419 e. The van der Waals surface area contributed by atoms with E-state index in [9.17, 15) is 13.2 Å². The van der Waals surface area contributed by atoms with Crippen molar-refractivity contribution in [2.24, 2.45) is 0 Å². The van der Waals surface area contributed by atoms with E-state index < -0.39 is 16.9 Å². The standard InChI is InChI=1S/C10H6Cl2F3N/c11-4-2-1-3-7-5-8(10(13,14)15)9(12)16-6-7/h5-6H,2,4H2. The molecule has 0 amide bonds. The Hall–Kier alpha value is -0.920. The van der Waals surface area contributed by atoms with Gasteiger partial charge in [-0.25, -0.2) is 4.98 Å².